The third-order valence-electron chi connectivity index (χ3n) is 3.41. The lowest BCUT2D eigenvalue weighted by Crippen LogP contribution is -2.29. The number of benzene rings is 1. The van der Waals surface area contributed by atoms with Gasteiger partial charge in [0.15, 0.2) is 6.61 Å². The summed E-state index contributed by atoms with van der Waals surface area (Å²) >= 11 is 0. The molecular weight excluding hydrogens is 298 g/mol. The van der Waals surface area contributed by atoms with Crippen molar-refractivity contribution in [3.05, 3.63) is 30.0 Å². The van der Waals surface area contributed by atoms with Crippen LogP contribution in [0.5, 0.6) is 5.75 Å². The fourth-order valence-corrected chi connectivity index (χ4v) is 2.14. The van der Waals surface area contributed by atoms with Crippen LogP contribution in [0.25, 0.3) is 11.0 Å². The molecule has 1 aromatic heterocycles. The number of methoxy groups -OCH3 is 1. The molecule has 6 nitrogen and oxygen atoms in total. The van der Waals surface area contributed by atoms with Crippen molar-refractivity contribution in [2.45, 2.75) is 26.2 Å². The van der Waals surface area contributed by atoms with Gasteiger partial charge in [-0.1, -0.05) is 13.3 Å². The van der Waals surface area contributed by atoms with E-state index in [-0.39, 0.29) is 18.9 Å². The first-order valence-electron chi connectivity index (χ1n) is 7.60. The first-order valence-corrected chi connectivity index (χ1v) is 7.60. The fraction of sp³-hybridized carbons (Fsp3) is 0.412. The van der Waals surface area contributed by atoms with E-state index in [1.807, 2.05) is 13.0 Å². The highest BCUT2D eigenvalue weighted by Crippen LogP contribution is 2.25. The maximum atomic E-state index is 11.8. The van der Waals surface area contributed by atoms with Crippen LogP contribution in [0.3, 0.4) is 0 Å². The molecule has 0 fully saturated rings. The molecule has 23 heavy (non-hydrogen) atoms. The van der Waals surface area contributed by atoms with Crippen molar-refractivity contribution in [1.29, 1.82) is 0 Å². The van der Waals surface area contributed by atoms with E-state index in [1.54, 1.807) is 19.2 Å². The molecule has 2 aromatic rings. The van der Waals surface area contributed by atoms with E-state index in [0.717, 1.165) is 23.8 Å². The van der Waals surface area contributed by atoms with Gasteiger partial charge in [-0.2, -0.15) is 0 Å². The van der Waals surface area contributed by atoms with Gasteiger partial charge >= 0.3 is 5.97 Å². The Morgan fingerprint density at radius 2 is 2.13 bits per heavy atom. The number of furan rings is 1. The summed E-state index contributed by atoms with van der Waals surface area (Å²) in [4.78, 5) is 23.3. The Morgan fingerprint density at radius 3 is 2.87 bits per heavy atom. The molecule has 0 aliphatic rings. The first-order chi connectivity index (χ1) is 11.1. The van der Waals surface area contributed by atoms with Crippen LogP contribution in [0.2, 0.25) is 0 Å². The lowest BCUT2D eigenvalue weighted by Gasteiger charge is -2.05. The van der Waals surface area contributed by atoms with Gasteiger partial charge < -0.3 is 19.2 Å². The monoisotopic (exact) mass is 319 g/mol. The quantitative estimate of drug-likeness (QED) is 0.597. The van der Waals surface area contributed by atoms with Crippen molar-refractivity contribution in [3.63, 3.8) is 0 Å². The van der Waals surface area contributed by atoms with E-state index < -0.39 is 5.97 Å². The average molecular weight is 319 g/mol. The minimum Gasteiger partial charge on any atom is -0.497 e. The molecule has 0 saturated carbocycles. The summed E-state index contributed by atoms with van der Waals surface area (Å²) in [5.41, 5.74) is 1.36. The predicted octanol–water partition coefficient (Wildman–Crippen LogP) is 2.44. The third-order valence-corrected chi connectivity index (χ3v) is 3.41. The second-order valence-electron chi connectivity index (χ2n) is 5.16. The second-order valence-corrected chi connectivity index (χ2v) is 5.16. The van der Waals surface area contributed by atoms with Crippen LogP contribution in [0.4, 0.5) is 0 Å². The van der Waals surface area contributed by atoms with E-state index >= 15 is 0 Å². The Bertz CT molecular complexity index is 677. The molecule has 0 aliphatic carbocycles. The van der Waals surface area contributed by atoms with Crippen molar-refractivity contribution in [2.24, 2.45) is 0 Å². The largest absolute Gasteiger partial charge is 0.497 e. The summed E-state index contributed by atoms with van der Waals surface area (Å²) in [7, 11) is 1.58. The number of esters is 1. The Labute approximate surface area is 134 Å². The Hall–Kier alpha value is -2.50. The number of hydrogen-bond acceptors (Lipinski definition) is 5. The molecule has 6 heteroatoms. The van der Waals surface area contributed by atoms with E-state index in [1.165, 1.54) is 6.26 Å². The van der Waals surface area contributed by atoms with Crippen LogP contribution in [0.1, 0.15) is 25.3 Å². The van der Waals surface area contributed by atoms with Crippen molar-refractivity contribution in [2.75, 3.05) is 20.3 Å². The number of ether oxygens (including phenoxy) is 2. The summed E-state index contributed by atoms with van der Waals surface area (Å²) in [6, 6.07) is 5.39. The zero-order chi connectivity index (χ0) is 16.7. The molecule has 0 spiro atoms. The van der Waals surface area contributed by atoms with Crippen molar-refractivity contribution in [3.8, 4) is 5.75 Å². The van der Waals surface area contributed by atoms with E-state index in [2.05, 4.69) is 5.32 Å². The molecule has 2 rings (SSSR count). The molecule has 0 radical (unpaired) electrons. The van der Waals surface area contributed by atoms with Crippen LogP contribution >= 0.6 is 0 Å². The Kier molecular flexibility index (Phi) is 6.02. The maximum absolute atomic E-state index is 11.8. The molecule has 1 N–H and O–H groups in total. The smallest absolute Gasteiger partial charge is 0.310 e. The number of carbonyl (C=O) groups is 2. The van der Waals surface area contributed by atoms with Gasteiger partial charge in [0, 0.05) is 23.6 Å². The summed E-state index contributed by atoms with van der Waals surface area (Å²) in [6.07, 6.45) is 3.48. The van der Waals surface area contributed by atoms with Crippen LogP contribution in [-0.4, -0.2) is 32.1 Å². The fourth-order valence-electron chi connectivity index (χ4n) is 2.14. The Balaban J connectivity index is 1.87. The van der Waals surface area contributed by atoms with Crippen molar-refractivity contribution in [1.82, 2.24) is 5.32 Å². The summed E-state index contributed by atoms with van der Waals surface area (Å²) < 4.78 is 15.5. The number of rotatable bonds is 8. The summed E-state index contributed by atoms with van der Waals surface area (Å²) in [6.45, 7) is 2.38. The minimum absolute atomic E-state index is 0.0571. The number of hydrogen-bond donors (Lipinski definition) is 1. The first kappa shape index (κ1) is 16.9. The number of nitrogens with one attached hydrogen (secondary N) is 1. The van der Waals surface area contributed by atoms with Crippen LogP contribution in [0.15, 0.2) is 28.9 Å². The highest BCUT2D eigenvalue weighted by molar-refractivity contribution is 5.87. The molecule has 0 atom stereocenters. The summed E-state index contributed by atoms with van der Waals surface area (Å²) in [5.74, 6) is -0.0625. The Morgan fingerprint density at radius 1 is 1.30 bits per heavy atom. The van der Waals surface area contributed by atoms with Crippen molar-refractivity contribution < 1.29 is 23.5 Å². The molecule has 1 aromatic carbocycles. The minimum atomic E-state index is -0.464. The van der Waals surface area contributed by atoms with Crippen LogP contribution in [-0.2, 0) is 20.7 Å². The number of fused-ring (bicyclic) bond motifs is 1. The van der Waals surface area contributed by atoms with E-state index in [9.17, 15) is 9.59 Å². The summed E-state index contributed by atoms with van der Waals surface area (Å²) in [5, 5.41) is 3.52. The molecule has 0 unspecified atom stereocenters. The number of unbranched alkanes of at least 4 members (excludes halogenated alkanes) is 1. The van der Waals surface area contributed by atoms with E-state index in [4.69, 9.17) is 13.9 Å². The van der Waals surface area contributed by atoms with Crippen LogP contribution in [0, 0.1) is 0 Å². The van der Waals surface area contributed by atoms with Crippen LogP contribution < -0.4 is 10.1 Å². The highest BCUT2D eigenvalue weighted by Gasteiger charge is 2.13. The van der Waals surface area contributed by atoms with Gasteiger partial charge in [0.2, 0.25) is 0 Å². The molecule has 1 amide bonds. The second kappa shape index (κ2) is 8.22. The van der Waals surface area contributed by atoms with Gasteiger partial charge in [-0.15, -0.1) is 0 Å². The lowest BCUT2D eigenvalue weighted by molar-refractivity contribution is -0.147. The standard InChI is InChI=1S/C17H21NO5/c1-3-4-7-18-16(19)11-23-17(20)8-12-10-22-15-9-13(21-2)5-6-14(12)15/h5-6,9-10H,3-4,7-8,11H2,1-2H3,(H,18,19). The zero-order valence-corrected chi connectivity index (χ0v) is 13.4. The van der Waals surface area contributed by atoms with Gasteiger partial charge in [-0.3, -0.25) is 9.59 Å². The maximum Gasteiger partial charge on any atom is 0.310 e. The number of amides is 1. The van der Waals surface area contributed by atoms with E-state index in [0.29, 0.717) is 17.9 Å². The average Bonchev–Trinajstić information content (AvgIpc) is 2.95. The SMILES string of the molecule is CCCCNC(=O)COC(=O)Cc1coc2cc(OC)ccc12. The molecule has 0 bridgehead atoms. The lowest BCUT2D eigenvalue weighted by atomic mass is 10.1. The van der Waals surface area contributed by atoms with Gasteiger partial charge in [0.1, 0.15) is 11.3 Å². The molecule has 1 heterocycles. The van der Waals surface area contributed by atoms with Crippen molar-refractivity contribution >= 4 is 22.8 Å². The topological polar surface area (TPSA) is 77.8 Å². The molecule has 0 aliphatic heterocycles. The number of carbonyl (C=O) groups excluding carboxylic acids is 2. The zero-order valence-electron chi connectivity index (χ0n) is 13.4. The van der Waals surface area contributed by atoms with Gasteiger partial charge in [0.25, 0.3) is 5.91 Å². The van der Waals surface area contributed by atoms with Gasteiger partial charge in [-0.05, 0) is 18.6 Å². The highest BCUT2D eigenvalue weighted by atomic mass is 16.5. The normalized spacial score (nSPS) is 10.5. The molecular formula is C17H21NO5. The van der Waals surface area contributed by atoms with Gasteiger partial charge in [0.05, 0.1) is 19.8 Å². The van der Waals surface area contributed by atoms with Gasteiger partial charge in [-0.25, -0.2) is 0 Å². The third kappa shape index (κ3) is 4.74. The molecule has 0 saturated heterocycles. The molecule has 124 valence electrons. The predicted molar refractivity (Wildman–Crippen MR) is 85.3 cm³/mol.